The molecule has 0 aliphatic carbocycles. The van der Waals surface area contributed by atoms with E-state index in [0.717, 1.165) is 0 Å². The van der Waals surface area contributed by atoms with Crippen molar-refractivity contribution in [1.82, 2.24) is 0 Å². The predicted molar refractivity (Wildman–Crippen MR) is 47.0 cm³/mol. The van der Waals surface area contributed by atoms with Crippen LogP contribution in [0.5, 0.6) is 0 Å². The highest BCUT2D eigenvalue weighted by Gasteiger charge is 2.21. The summed E-state index contributed by atoms with van der Waals surface area (Å²) in [4.78, 5) is 0. The fourth-order valence-corrected chi connectivity index (χ4v) is 1.30. The van der Waals surface area contributed by atoms with Gasteiger partial charge in [0.15, 0.2) is 0 Å². The second-order valence-corrected chi connectivity index (χ2v) is 3.36. The van der Waals surface area contributed by atoms with Crippen molar-refractivity contribution in [1.29, 1.82) is 0 Å². The van der Waals surface area contributed by atoms with Gasteiger partial charge in [-0.1, -0.05) is 12.1 Å². The van der Waals surface area contributed by atoms with Gasteiger partial charge in [0.2, 0.25) is 0 Å². The molecule has 0 saturated carbocycles. The van der Waals surface area contributed by atoms with Crippen LogP contribution in [0.1, 0.15) is 11.6 Å². The smallest absolute Gasteiger partial charge is 0.257 e. The van der Waals surface area contributed by atoms with Gasteiger partial charge in [-0.3, -0.25) is 0 Å². The van der Waals surface area contributed by atoms with Crippen molar-refractivity contribution in [3.8, 4) is 0 Å². The molecule has 0 aromatic heterocycles. The van der Waals surface area contributed by atoms with Crippen LogP contribution >= 0.6 is 15.9 Å². The molecule has 0 radical (unpaired) electrons. The summed E-state index contributed by atoms with van der Waals surface area (Å²) in [5, 5.41) is 0. The highest BCUT2D eigenvalue weighted by molar-refractivity contribution is 9.10. The number of benzene rings is 1. The summed E-state index contributed by atoms with van der Waals surface area (Å²) in [7, 11) is 0. The molecule has 1 rings (SSSR count). The fourth-order valence-electron chi connectivity index (χ4n) is 0.914. The zero-order chi connectivity index (χ0) is 10.0. The molecule has 1 nitrogen and oxygen atoms in total. The van der Waals surface area contributed by atoms with Crippen LogP contribution in [0.4, 0.5) is 13.2 Å². The molecule has 1 aromatic rings. The Morgan fingerprint density at radius 3 is 2.46 bits per heavy atom. The van der Waals surface area contributed by atoms with Gasteiger partial charge >= 0.3 is 0 Å². The van der Waals surface area contributed by atoms with Gasteiger partial charge in [-0.2, -0.15) is 0 Å². The maximum absolute atomic E-state index is 13.2. The Kier molecular flexibility index (Phi) is 3.33. The zero-order valence-corrected chi connectivity index (χ0v) is 8.06. The van der Waals surface area contributed by atoms with Crippen molar-refractivity contribution < 1.29 is 13.2 Å². The van der Waals surface area contributed by atoms with Crippen LogP contribution in [0.2, 0.25) is 0 Å². The predicted octanol–water partition coefficient (Wildman–Crippen LogP) is 2.85. The van der Waals surface area contributed by atoms with Gasteiger partial charge in [0, 0.05) is 5.56 Å². The lowest BCUT2D eigenvalue weighted by molar-refractivity contribution is 0.114. The van der Waals surface area contributed by atoms with Crippen LogP contribution in [0.15, 0.2) is 22.7 Å². The van der Waals surface area contributed by atoms with Gasteiger partial charge in [0.05, 0.1) is 10.5 Å². The third kappa shape index (κ3) is 2.22. The van der Waals surface area contributed by atoms with Gasteiger partial charge in [-0.25, -0.2) is 13.2 Å². The quantitative estimate of drug-likeness (QED) is 0.862. The second-order valence-electron chi connectivity index (χ2n) is 2.50. The number of hydrogen-bond acceptors (Lipinski definition) is 1. The maximum Gasteiger partial charge on any atom is 0.257 e. The molecule has 0 heterocycles. The third-order valence-corrected chi connectivity index (χ3v) is 2.22. The maximum atomic E-state index is 13.2. The van der Waals surface area contributed by atoms with E-state index in [0.29, 0.717) is 0 Å². The van der Waals surface area contributed by atoms with E-state index in [1.807, 2.05) is 0 Å². The molecule has 0 spiro atoms. The molecule has 13 heavy (non-hydrogen) atoms. The monoisotopic (exact) mass is 253 g/mol. The molecular formula is C8H7BrF3N. The lowest BCUT2D eigenvalue weighted by Gasteiger charge is -2.11. The van der Waals surface area contributed by atoms with Crippen LogP contribution < -0.4 is 5.73 Å². The van der Waals surface area contributed by atoms with E-state index in [9.17, 15) is 13.2 Å². The van der Waals surface area contributed by atoms with Gasteiger partial charge < -0.3 is 5.73 Å². The Morgan fingerprint density at radius 1 is 1.31 bits per heavy atom. The second kappa shape index (κ2) is 4.11. The summed E-state index contributed by atoms with van der Waals surface area (Å²) in [6.45, 7) is 0. The van der Waals surface area contributed by atoms with Crippen molar-refractivity contribution >= 4 is 15.9 Å². The molecule has 72 valence electrons. The van der Waals surface area contributed by atoms with E-state index in [1.54, 1.807) is 0 Å². The Labute approximate surface area is 81.9 Å². The van der Waals surface area contributed by atoms with Gasteiger partial charge in [0.25, 0.3) is 6.43 Å². The van der Waals surface area contributed by atoms with E-state index in [2.05, 4.69) is 15.9 Å². The van der Waals surface area contributed by atoms with E-state index >= 15 is 0 Å². The Hall–Kier alpha value is -0.550. The molecule has 0 aliphatic heterocycles. The molecular weight excluding hydrogens is 247 g/mol. The third-order valence-electron chi connectivity index (χ3n) is 1.61. The molecule has 0 saturated heterocycles. The van der Waals surface area contributed by atoms with Gasteiger partial charge in [0.1, 0.15) is 5.82 Å². The van der Waals surface area contributed by atoms with Crippen LogP contribution in [0, 0.1) is 5.82 Å². The summed E-state index contributed by atoms with van der Waals surface area (Å²) in [5.41, 5.74) is 4.92. The normalized spacial score (nSPS) is 13.4. The molecule has 1 aromatic carbocycles. The number of halogens is 4. The average molecular weight is 254 g/mol. The molecule has 0 fully saturated rings. The topological polar surface area (TPSA) is 26.0 Å². The summed E-state index contributed by atoms with van der Waals surface area (Å²) < 4.78 is 37.5. The van der Waals surface area contributed by atoms with Crippen LogP contribution in [0.3, 0.4) is 0 Å². The van der Waals surface area contributed by atoms with Gasteiger partial charge in [-0.15, -0.1) is 0 Å². The molecule has 0 unspecified atom stereocenters. The van der Waals surface area contributed by atoms with Crippen molar-refractivity contribution in [3.05, 3.63) is 34.1 Å². The largest absolute Gasteiger partial charge is 0.319 e. The zero-order valence-electron chi connectivity index (χ0n) is 6.48. The van der Waals surface area contributed by atoms with Crippen LogP contribution in [-0.4, -0.2) is 6.43 Å². The van der Waals surface area contributed by atoms with E-state index < -0.39 is 18.3 Å². The average Bonchev–Trinajstić information content (AvgIpc) is 2.08. The molecule has 2 N–H and O–H groups in total. The Bertz CT molecular complexity index is 303. The highest BCUT2D eigenvalue weighted by atomic mass is 79.9. The first kappa shape index (κ1) is 10.5. The number of rotatable bonds is 2. The Balaban J connectivity index is 3.07. The first-order valence-electron chi connectivity index (χ1n) is 3.51. The molecule has 0 amide bonds. The van der Waals surface area contributed by atoms with Crippen molar-refractivity contribution in [2.75, 3.05) is 0 Å². The molecule has 1 atom stereocenters. The Morgan fingerprint density at radius 2 is 1.92 bits per heavy atom. The fraction of sp³-hybridized carbons (Fsp3) is 0.250. The molecule has 0 bridgehead atoms. The van der Waals surface area contributed by atoms with Crippen molar-refractivity contribution in [2.45, 2.75) is 12.5 Å². The highest BCUT2D eigenvalue weighted by Crippen LogP contribution is 2.25. The van der Waals surface area contributed by atoms with Crippen LogP contribution in [-0.2, 0) is 0 Å². The van der Waals surface area contributed by atoms with E-state index in [4.69, 9.17) is 5.73 Å². The molecule has 0 aliphatic rings. The number of hydrogen-bond donors (Lipinski definition) is 1. The number of nitrogens with two attached hydrogens (primary N) is 1. The van der Waals surface area contributed by atoms with Crippen LogP contribution in [0.25, 0.3) is 0 Å². The first-order valence-corrected chi connectivity index (χ1v) is 4.31. The summed E-state index contributed by atoms with van der Waals surface area (Å²) >= 11 is 2.89. The minimum Gasteiger partial charge on any atom is -0.319 e. The lowest BCUT2D eigenvalue weighted by atomic mass is 10.1. The summed E-state index contributed by atoms with van der Waals surface area (Å²) in [5.74, 6) is -0.727. The van der Waals surface area contributed by atoms with E-state index in [-0.39, 0.29) is 10.0 Å². The summed E-state index contributed by atoms with van der Waals surface area (Å²) in [6.07, 6.45) is -2.76. The van der Waals surface area contributed by atoms with Gasteiger partial charge in [-0.05, 0) is 22.0 Å². The molecule has 5 heteroatoms. The SMILES string of the molecule is N[C@H](c1cccc(Br)c1F)C(F)F. The minimum absolute atomic E-state index is 0.140. The van der Waals surface area contributed by atoms with Crippen molar-refractivity contribution in [3.63, 3.8) is 0 Å². The summed E-state index contributed by atoms with van der Waals surface area (Å²) in [6, 6.07) is 2.57. The standard InChI is InChI=1S/C8H7BrF3N/c9-5-3-1-2-4(6(5)10)7(13)8(11)12/h1-3,7-8H,13H2/t7-/m1/s1. The van der Waals surface area contributed by atoms with E-state index in [1.165, 1.54) is 18.2 Å². The number of alkyl halides is 2. The first-order chi connectivity index (χ1) is 6.04. The van der Waals surface area contributed by atoms with Crippen molar-refractivity contribution in [2.24, 2.45) is 5.73 Å². The lowest BCUT2D eigenvalue weighted by Crippen LogP contribution is -2.20. The minimum atomic E-state index is -2.76.